The van der Waals surface area contributed by atoms with E-state index in [1.54, 1.807) is 16.8 Å². The molecule has 21 heavy (non-hydrogen) atoms. The van der Waals surface area contributed by atoms with Crippen LogP contribution < -0.4 is 4.74 Å². The Hall–Kier alpha value is -2.62. The highest BCUT2D eigenvalue weighted by Gasteiger charge is 2.18. The highest BCUT2D eigenvalue weighted by atomic mass is 16.5. The lowest BCUT2D eigenvalue weighted by Crippen LogP contribution is -2.05. The molecule has 0 aliphatic rings. The molecule has 0 unspecified atom stereocenters. The predicted molar refractivity (Wildman–Crippen MR) is 80.9 cm³/mol. The molecule has 0 radical (unpaired) electrons. The molecule has 4 nitrogen and oxygen atoms in total. The molecule has 0 aliphatic heterocycles. The summed E-state index contributed by atoms with van der Waals surface area (Å²) >= 11 is 0. The van der Waals surface area contributed by atoms with Crippen LogP contribution in [0.25, 0.3) is 5.52 Å². The first-order valence-electron chi connectivity index (χ1n) is 7.00. The van der Waals surface area contributed by atoms with Gasteiger partial charge in [-0.05, 0) is 30.7 Å². The molecular weight excluding hydrogens is 264 g/mol. The van der Waals surface area contributed by atoms with E-state index in [1.165, 1.54) is 0 Å². The molecule has 4 heteroatoms. The zero-order valence-electron chi connectivity index (χ0n) is 11.8. The van der Waals surface area contributed by atoms with Crippen molar-refractivity contribution >= 4 is 11.3 Å². The van der Waals surface area contributed by atoms with Crippen LogP contribution in [-0.4, -0.2) is 22.0 Å². The summed E-state index contributed by atoms with van der Waals surface area (Å²) in [6.45, 7) is 2.63. The van der Waals surface area contributed by atoms with Crippen LogP contribution in [0.4, 0.5) is 0 Å². The largest absolute Gasteiger partial charge is 0.493 e. The molecule has 0 aliphatic carbocycles. The van der Waals surface area contributed by atoms with Crippen molar-refractivity contribution in [2.24, 2.45) is 0 Å². The van der Waals surface area contributed by atoms with E-state index >= 15 is 0 Å². The first-order chi connectivity index (χ1) is 10.3. The lowest BCUT2D eigenvalue weighted by atomic mass is 10.0. The molecule has 2 aromatic heterocycles. The number of hydrogen-bond acceptors (Lipinski definition) is 3. The highest BCUT2D eigenvalue weighted by molar-refractivity contribution is 6.14. The maximum atomic E-state index is 12.8. The average Bonchev–Trinajstić information content (AvgIpc) is 2.96. The Labute approximate surface area is 123 Å². The van der Waals surface area contributed by atoms with Crippen molar-refractivity contribution in [1.82, 2.24) is 9.61 Å². The molecule has 3 rings (SSSR count). The van der Waals surface area contributed by atoms with Crippen LogP contribution in [0.5, 0.6) is 5.75 Å². The number of carbonyl (C=O) groups excluding carboxylic acids is 1. The number of carbonyl (C=O) groups is 1. The number of aromatic nitrogens is 2. The smallest absolute Gasteiger partial charge is 0.200 e. The first-order valence-corrected chi connectivity index (χ1v) is 7.00. The van der Waals surface area contributed by atoms with Gasteiger partial charge in [0.2, 0.25) is 5.78 Å². The van der Waals surface area contributed by atoms with Gasteiger partial charge in [0, 0.05) is 6.20 Å². The Morgan fingerprint density at radius 3 is 2.81 bits per heavy atom. The number of ketones is 1. The van der Waals surface area contributed by atoms with Crippen molar-refractivity contribution in [1.29, 1.82) is 0 Å². The van der Waals surface area contributed by atoms with Gasteiger partial charge < -0.3 is 4.74 Å². The number of ether oxygens (including phenoxy) is 1. The molecule has 0 N–H and O–H groups in total. The second-order valence-corrected chi connectivity index (χ2v) is 4.76. The molecule has 2 heterocycles. The van der Waals surface area contributed by atoms with E-state index < -0.39 is 0 Å². The van der Waals surface area contributed by atoms with Crippen molar-refractivity contribution in [3.63, 3.8) is 0 Å². The molecule has 0 saturated heterocycles. The minimum atomic E-state index is -0.0668. The molecule has 0 atom stereocenters. The van der Waals surface area contributed by atoms with Crippen LogP contribution in [-0.2, 0) is 0 Å². The molecular formula is C17H16N2O2. The van der Waals surface area contributed by atoms with Crippen LogP contribution in [0, 0.1) is 0 Å². The second kappa shape index (κ2) is 5.79. The van der Waals surface area contributed by atoms with Gasteiger partial charge in [-0.25, -0.2) is 4.52 Å². The molecule has 0 spiro atoms. The van der Waals surface area contributed by atoms with Crippen molar-refractivity contribution in [2.45, 2.75) is 13.3 Å². The highest BCUT2D eigenvalue weighted by Crippen LogP contribution is 2.23. The zero-order valence-corrected chi connectivity index (χ0v) is 11.8. The summed E-state index contributed by atoms with van der Waals surface area (Å²) in [5.41, 5.74) is 1.96. The molecule has 3 aromatic rings. The van der Waals surface area contributed by atoms with Gasteiger partial charge >= 0.3 is 0 Å². The van der Waals surface area contributed by atoms with Crippen molar-refractivity contribution in [2.75, 3.05) is 6.61 Å². The Morgan fingerprint density at radius 2 is 1.95 bits per heavy atom. The maximum absolute atomic E-state index is 12.8. The number of para-hydroxylation sites is 1. The molecule has 0 fully saturated rings. The lowest BCUT2D eigenvalue weighted by Gasteiger charge is -2.09. The van der Waals surface area contributed by atoms with Crippen molar-refractivity contribution in [3.8, 4) is 5.75 Å². The third-order valence-corrected chi connectivity index (χ3v) is 3.26. The van der Waals surface area contributed by atoms with Gasteiger partial charge in [-0.3, -0.25) is 4.79 Å². The summed E-state index contributed by atoms with van der Waals surface area (Å²) in [7, 11) is 0. The number of benzene rings is 1. The van der Waals surface area contributed by atoms with E-state index in [1.807, 2.05) is 49.5 Å². The number of rotatable bonds is 5. The molecule has 106 valence electrons. The summed E-state index contributed by atoms with van der Waals surface area (Å²) in [6, 6.07) is 13.0. The van der Waals surface area contributed by atoms with E-state index in [-0.39, 0.29) is 5.78 Å². The van der Waals surface area contributed by atoms with Crippen LogP contribution in [0.15, 0.2) is 54.9 Å². The maximum Gasteiger partial charge on any atom is 0.200 e. The fourth-order valence-corrected chi connectivity index (χ4v) is 2.25. The van der Waals surface area contributed by atoms with Crippen LogP contribution >= 0.6 is 0 Å². The predicted octanol–water partition coefficient (Wildman–Crippen LogP) is 3.35. The average molecular weight is 280 g/mol. The van der Waals surface area contributed by atoms with Gasteiger partial charge in [0.05, 0.1) is 29.4 Å². The summed E-state index contributed by atoms with van der Waals surface area (Å²) in [6.07, 6.45) is 4.33. The number of nitrogens with zero attached hydrogens (tertiary/aromatic N) is 2. The van der Waals surface area contributed by atoms with Gasteiger partial charge in [0.25, 0.3) is 0 Å². The van der Waals surface area contributed by atoms with E-state index in [0.29, 0.717) is 23.5 Å². The van der Waals surface area contributed by atoms with E-state index in [0.717, 1.165) is 11.9 Å². The minimum absolute atomic E-state index is 0.0668. The van der Waals surface area contributed by atoms with Gasteiger partial charge in [0.15, 0.2) is 0 Å². The molecule has 1 aromatic carbocycles. The third kappa shape index (κ3) is 2.52. The van der Waals surface area contributed by atoms with Crippen molar-refractivity contribution < 1.29 is 9.53 Å². The van der Waals surface area contributed by atoms with Crippen LogP contribution in [0.2, 0.25) is 0 Å². The second-order valence-electron chi connectivity index (χ2n) is 4.76. The SMILES string of the molecule is CCCOc1ccccc1C(=O)c1cnn2ccccc12. The number of hydrogen-bond donors (Lipinski definition) is 0. The van der Waals surface area contributed by atoms with E-state index in [4.69, 9.17) is 4.74 Å². The Bertz CT molecular complexity index is 777. The van der Waals surface area contributed by atoms with E-state index in [9.17, 15) is 4.79 Å². The summed E-state index contributed by atoms with van der Waals surface area (Å²) in [5, 5.41) is 4.21. The minimum Gasteiger partial charge on any atom is -0.493 e. The van der Waals surface area contributed by atoms with Gasteiger partial charge in [-0.2, -0.15) is 5.10 Å². The number of fused-ring (bicyclic) bond motifs is 1. The first kappa shape index (κ1) is 13.4. The van der Waals surface area contributed by atoms with Crippen molar-refractivity contribution in [3.05, 3.63) is 66.0 Å². The standard InChI is InChI=1S/C17H16N2O2/c1-2-11-21-16-9-4-3-7-13(16)17(20)14-12-18-19-10-6-5-8-15(14)19/h3-10,12H,2,11H2,1H3. The summed E-state index contributed by atoms with van der Waals surface area (Å²) < 4.78 is 7.37. The summed E-state index contributed by atoms with van der Waals surface area (Å²) in [4.78, 5) is 12.8. The monoisotopic (exact) mass is 280 g/mol. The fourth-order valence-electron chi connectivity index (χ4n) is 2.25. The lowest BCUT2D eigenvalue weighted by molar-refractivity contribution is 0.103. The quantitative estimate of drug-likeness (QED) is 0.673. The van der Waals surface area contributed by atoms with E-state index in [2.05, 4.69) is 5.10 Å². The number of pyridine rings is 1. The van der Waals surface area contributed by atoms with Crippen LogP contribution in [0.1, 0.15) is 29.3 Å². The topological polar surface area (TPSA) is 43.6 Å². The zero-order chi connectivity index (χ0) is 14.7. The van der Waals surface area contributed by atoms with Gasteiger partial charge in [-0.15, -0.1) is 0 Å². The van der Waals surface area contributed by atoms with Gasteiger partial charge in [-0.1, -0.05) is 25.1 Å². The van der Waals surface area contributed by atoms with Gasteiger partial charge in [0.1, 0.15) is 5.75 Å². The molecule has 0 amide bonds. The third-order valence-electron chi connectivity index (χ3n) is 3.26. The summed E-state index contributed by atoms with van der Waals surface area (Å²) in [5.74, 6) is 0.558. The fraction of sp³-hybridized carbons (Fsp3) is 0.176. The molecule has 0 bridgehead atoms. The normalized spacial score (nSPS) is 10.7. The Morgan fingerprint density at radius 1 is 1.14 bits per heavy atom. The Balaban J connectivity index is 2.02. The molecule has 0 saturated carbocycles. The Kier molecular flexibility index (Phi) is 3.69. The van der Waals surface area contributed by atoms with Crippen LogP contribution in [0.3, 0.4) is 0 Å².